The molecule has 0 radical (unpaired) electrons. The van der Waals surface area contributed by atoms with Crippen LogP contribution in [0.15, 0.2) is 95.1 Å². The van der Waals surface area contributed by atoms with Gasteiger partial charge in [0.1, 0.15) is 0 Å². The molecule has 1 aliphatic heterocycles. The monoisotopic (exact) mass is 391 g/mol. The van der Waals surface area contributed by atoms with Crippen molar-refractivity contribution in [3.8, 4) is 0 Å². The number of sulfonamides is 1. The van der Waals surface area contributed by atoms with Crippen molar-refractivity contribution in [2.45, 2.75) is 37.6 Å². The van der Waals surface area contributed by atoms with Crippen molar-refractivity contribution in [3.05, 3.63) is 101 Å². The molecule has 0 bridgehead atoms. The van der Waals surface area contributed by atoms with Crippen molar-refractivity contribution in [1.29, 1.82) is 0 Å². The van der Waals surface area contributed by atoms with Gasteiger partial charge in [-0.05, 0) is 44.0 Å². The summed E-state index contributed by atoms with van der Waals surface area (Å²) in [5.74, 6) is 0.230. The van der Waals surface area contributed by atoms with E-state index in [0.29, 0.717) is 4.90 Å². The molecule has 0 spiro atoms. The fourth-order valence-electron chi connectivity index (χ4n) is 4.23. The Kier molecular flexibility index (Phi) is 4.76. The van der Waals surface area contributed by atoms with E-state index in [0.717, 1.165) is 5.56 Å². The summed E-state index contributed by atoms with van der Waals surface area (Å²) in [7, 11) is -3.62. The second kappa shape index (κ2) is 7.10. The maximum Gasteiger partial charge on any atom is 0.264 e. The Morgan fingerprint density at radius 1 is 0.929 bits per heavy atom. The van der Waals surface area contributed by atoms with E-state index in [1.807, 2.05) is 49.4 Å². The number of aryl methyl sites for hydroxylation is 1. The van der Waals surface area contributed by atoms with Crippen molar-refractivity contribution in [3.63, 3.8) is 0 Å². The van der Waals surface area contributed by atoms with Gasteiger partial charge in [-0.25, -0.2) is 8.42 Å². The first-order valence-electron chi connectivity index (χ1n) is 9.58. The Labute approximate surface area is 167 Å². The quantitative estimate of drug-likeness (QED) is 0.722. The fourth-order valence-corrected chi connectivity index (χ4v) is 5.70. The van der Waals surface area contributed by atoms with Gasteiger partial charge in [0, 0.05) is 18.0 Å². The molecule has 144 valence electrons. The van der Waals surface area contributed by atoms with Gasteiger partial charge in [-0.2, -0.15) is 0 Å². The van der Waals surface area contributed by atoms with Crippen molar-refractivity contribution in [1.82, 2.24) is 4.31 Å². The largest absolute Gasteiger partial charge is 0.266 e. The van der Waals surface area contributed by atoms with Crippen molar-refractivity contribution >= 4 is 10.0 Å². The first-order valence-corrected chi connectivity index (χ1v) is 11.0. The van der Waals surface area contributed by atoms with Crippen molar-refractivity contribution in [2.24, 2.45) is 5.92 Å². The summed E-state index contributed by atoms with van der Waals surface area (Å²) in [5.41, 5.74) is 4.71. The summed E-state index contributed by atoms with van der Waals surface area (Å²) in [6.07, 6.45) is 7.94. The second-order valence-electron chi connectivity index (χ2n) is 7.76. The van der Waals surface area contributed by atoms with Gasteiger partial charge in [0.05, 0.1) is 10.9 Å². The van der Waals surface area contributed by atoms with Gasteiger partial charge in [0.2, 0.25) is 0 Å². The molecule has 4 heteroatoms. The zero-order valence-electron chi connectivity index (χ0n) is 16.4. The van der Waals surface area contributed by atoms with Crippen LogP contribution in [-0.2, 0) is 10.0 Å². The Bertz CT molecular complexity index is 1060. The molecular formula is C24H25NO2S. The van der Waals surface area contributed by atoms with Crippen LogP contribution >= 0.6 is 0 Å². The molecule has 2 aliphatic rings. The van der Waals surface area contributed by atoms with E-state index < -0.39 is 10.0 Å². The lowest BCUT2D eigenvalue weighted by molar-refractivity contribution is 0.339. The molecule has 4 rings (SSSR count). The normalized spacial score (nSPS) is 23.8. The Balaban J connectivity index is 1.81. The fraction of sp³-hybridized carbons (Fsp3) is 0.250. The molecule has 2 aromatic carbocycles. The Hall–Kier alpha value is -2.59. The highest BCUT2D eigenvalue weighted by Gasteiger charge is 2.43. The van der Waals surface area contributed by atoms with Crippen LogP contribution in [0.25, 0.3) is 0 Å². The Morgan fingerprint density at radius 3 is 2.25 bits per heavy atom. The van der Waals surface area contributed by atoms with Crippen LogP contribution in [0, 0.1) is 12.8 Å². The molecule has 0 N–H and O–H groups in total. The highest BCUT2D eigenvalue weighted by atomic mass is 32.2. The van der Waals surface area contributed by atoms with Gasteiger partial charge >= 0.3 is 0 Å². The molecule has 0 unspecified atom stereocenters. The topological polar surface area (TPSA) is 37.4 Å². The van der Waals surface area contributed by atoms with Crippen LogP contribution in [-0.4, -0.2) is 18.8 Å². The molecule has 2 aromatic rings. The van der Waals surface area contributed by atoms with Crippen LogP contribution < -0.4 is 0 Å². The molecule has 0 amide bonds. The molecule has 3 atom stereocenters. The van der Waals surface area contributed by atoms with Crippen LogP contribution in [0.1, 0.15) is 30.9 Å². The van der Waals surface area contributed by atoms with E-state index in [1.54, 1.807) is 18.3 Å². The third-order valence-corrected chi connectivity index (χ3v) is 7.47. The number of benzene rings is 2. The highest BCUT2D eigenvalue weighted by Crippen LogP contribution is 2.46. The molecular weight excluding hydrogens is 366 g/mol. The number of nitrogens with zero attached hydrogens (tertiary/aromatic N) is 1. The average Bonchev–Trinajstić information content (AvgIpc) is 3.13. The zero-order valence-corrected chi connectivity index (χ0v) is 17.2. The van der Waals surface area contributed by atoms with E-state index in [-0.39, 0.29) is 17.9 Å². The first kappa shape index (κ1) is 18.8. The minimum Gasteiger partial charge on any atom is -0.266 e. The number of allylic oxidation sites excluding steroid dienone is 3. The molecule has 0 fully saturated rings. The van der Waals surface area contributed by atoms with Gasteiger partial charge < -0.3 is 0 Å². The molecule has 1 aliphatic carbocycles. The van der Waals surface area contributed by atoms with Crippen LogP contribution in [0.4, 0.5) is 0 Å². The van der Waals surface area contributed by atoms with Crippen molar-refractivity contribution < 1.29 is 8.42 Å². The predicted molar refractivity (Wildman–Crippen MR) is 113 cm³/mol. The van der Waals surface area contributed by atoms with Crippen LogP contribution in [0.5, 0.6) is 0 Å². The van der Waals surface area contributed by atoms with Gasteiger partial charge in [-0.3, -0.25) is 4.31 Å². The maximum atomic E-state index is 13.4. The molecule has 0 saturated heterocycles. The summed E-state index contributed by atoms with van der Waals surface area (Å²) in [6.45, 7) is 6.15. The van der Waals surface area contributed by atoms with Gasteiger partial charge in [-0.1, -0.05) is 71.8 Å². The Morgan fingerprint density at radius 2 is 1.61 bits per heavy atom. The molecule has 0 saturated carbocycles. The van der Waals surface area contributed by atoms with Gasteiger partial charge in [-0.15, -0.1) is 0 Å². The van der Waals surface area contributed by atoms with Gasteiger partial charge in [0.15, 0.2) is 0 Å². The standard InChI is InChI=1S/C24H25NO2S/c1-17(2)21-13-14-23-24(21)22(19-7-5-4-6-8-19)15-16-25(23)28(26,27)20-11-9-18(3)10-12-20/h4-16,22-24H,1-3H3/t22-,23+,24+/m0/s1. The first-order chi connectivity index (χ1) is 13.4. The molecule has 1 heterocycles. The summed E-state index contributed by atoms with van der Waals surface area (Å²) in [6, 6.07) is 17.2. The minimum absolute atomic E-state index is 0.0811. The van der Waals surface area contributed by atoms with E-state index in [9.17, 15) is 8.42 Å². The zero-order chi connectivity index (χ0) is 19.9. The number of rotatable bonds is 3. The third kappa shape index (κ3) is 3.12. The number of fused-ring (bicyclic) bond motifs is 1. The molecule has 0 aromatic heterocycles. The highest BCUT2D eigenvalue weighted by molar-refractivity contribution is 7.89. The average molecular weight is 392 g/mol. The van der Waals surface area contributed by atoms with Crippen LogP contribution in [0.3, 0.4) is 0 Å². The molecule has 3 nitrogen and oxygen atoms in total. The summed E-state index contributed by atoms with van der Waals surface area (Å²) in [4.78, 5) is 0.332. The smallest absolute Gasteiger partial charge is 0.264 e. The second-order valence-corrected chi connectivity index (χ2v) is 9.60. The SMILES string of the molecule is CC(C)=C1C=C[C@@H]2[C@H]1[C@H](c1ccccc1)C=CN2S(=O)(=O)c1ccc(C)cc1. The summed E-state index contributed by atoms with van der Waals surface area (Å²) < 4.78 is 28.3. The number of hydrogen-bond donors (Lipinski definition) is 0. The minimum atomic E-state index is -3.62. The number of hydrogen-bond acceptors (Lipinski definition) is 2. The lowest BCUT2D eigenvalue weighted by Crippen LogP contribution is -2.43. The lowest BCUT2D eigenvalue weighted by Gasteiger charge is -2.39. The third-order valence-electron chi connectivity index (χ3n) is 5.68. The van der Waals surface area contributed by atoms with E-state index >= 15 is 0 Å². The summed E-state index contributed by atoms with van der Waals surface area (Å²) >= 11 is 0. The molecule has 28 heavy (non-hydrogen) atoms. The lowest BCUT2D eigenvalue weighted by atomic mass is 9.77. The van der Waals surface area contributed by atoms with E-state index in [1.165, 1.54) is 21.0 Å². The predicted octanol–water partition coefficient (Wildman–Crippen LogP) is 5.19. The van der Waals surface area contributed by atoms with Gasteiger partial charge in [0.25, 0.3) is 10.0 Å². The van der Waals surface area contributed by atoms with Crippen molar-refractivity contribution in [2.75, 3.05) is 0 Å². The van der Waals surface area contributed by atoms with Crippen LogP contribution in [0.2, 0.25) is 0 Å². The van der Waals surface area contributed by atoms with E-state index in [4.69, 9.17) is 0 Å². The maximum absolute atomic E-state index is 13.4. The summed E-state index contributed by atoms with van der Waals surface area (Å²) in [5, 5.41) is 0. The van der Waals surface area contributed by atoms with E-state index in [2.05, 4.69) is 32.1 Å².